The molecular formula is C16H20N2O. The van der Waals surface area contributed by atoms with E-state index in [1.807, 2.05) is 6.07 Å². The second kappa shape index (κ2) is 5.17. The maximum Gasteiger partial charge on any atom is 0.0726 e. The van der Waals surface area contributed by atoms with Crippen molar-refractivity contribution in [2.75, 3.05) is 24.6 Å². The fourth-order valence-corrected chi connectivity index (χ4v) is 3.02. The molecule has 0 bridgehead atoms. The van der Waals surface area contributed by atoms with Gasteiger partial charge in [0.2, 0.25) is 0 Å². The third-order valence-corrected chi connectivity index (χ3v) is 3.99. The van der Waals surface area contributed by atoms with Crippen LogP contribution in [0.25, 0.3) is 10.9 Å². The minimum Gasteiger partial charge on any atom is -0.396 e. The van der Waals surface area contributed by atoms with Gasteiger partial charge in [-0.25, -0.2) is 0 Å². The Morgan fingerprint density at radius 2 is 2.21 bits per heavy atom. The Kier molecular flexibility index (Phi) is 3.38. The maximum atomic E-state index is 9.07. The number of pyridine rings is 1. The number of nitrogens with zero attached hydrogens (tertiary/aromatic N) is 2. The van der Waals surface area contributed by atoms with E-state index < -0.39 is 0 Å². The SMILES string of the molecule is Cc1cc(N2CCC(CCO)C2)c2ccccc2n1. The van der Waals surface area contributed by atoms with Crippen molar-refractivity contribution in [2.45, 2.75) is 19.8 Å². The number of hydrogen-bond acceptors (Lipinski definition) is 3. The average Bonchev–Trinajstić information content (AvgIpc) is 2.86. The fraction of sp³-hybridized carbons (Fsp3) is 0.438. The number of hydrogen-bond donors (Lipinski definition) is 1. The third-order valence-electron chi connectivity index (χ3n) is 3.99. The highest BCUT2D eigenvalue weighted by molar-refractivity contribution is 5.92. The molecule has 1 unspecified atom stereocenters. The Morgan fingerprint density at radius 1 is 1.37 bits per heavy atom. The molecule has 1 aromatic heterocycles. The summed E-state index contributed by atoms with van der Waals surface area (Å²) in [6, 6.07) is 10.5. The van der Waals surface area contributed by atoms with E-state index >= 15 is 0 Å². The minimum absolute atomic E-state index is 0.300. The smallest absolute Gasteiger partial charge is 0.0726 e. The Bertz CT molecular complexity index is 582. The van der Waals surface area contributed by atoms with Gasteiger partial charge in [0.05, 0.1) is 5.52 Å². The molecular weight excluding hydrogens is 236 g/mol. The lowest BCUT2D eigenvalue weighted by Crippen LogP contribution is -2.20. The van der Waals surface area contributed by atoms with E-state index in [0.29, 0.717) is 12.5 Å². The molecule has 100 valence electrons. The lowest BCUT2D eigenvalue weighted by Gasteiger charge is -2.21. The van der Waals surface area contributed by atoms with Gasteiger partial charge in [-0.05, 0) is 37.8 Å². The van der Waals surface area contributed by atoms with Crippen molar-refractivity contribution in [3.8, 4) is 0 Å². The maximum absolute atomic E-state index is 9.07. The molecule has 2 heterocycles. The number of aryl methyl sites for hydroxylation is 1. The Balaban J connectivity index is 1.96. The van der Waals surface area contributed by atoms with Gasteiger partial charge in [-0.2, -0.15) is 0 Å². The van der Waals surface area contributed by atoms with Crippen LogP contribution in [0.1, 0.15) is 18.5 Å². The summed E-state index contributed by atoms with van der Waals surface area (Å²) < 4.78 is 0. The summed E-state index contributed by atoms with van der Waals surface area (Å²) in [6.07, 6.45) is 2.09. The van der Waals surface area contributed by atoms with E-state index in [0.717, 1.165) is 30.7 Å². The van der Waals surface area contributed by atoms with Gasteiger partial charge in [-0.1, -0.05) is 18.2 Å². The van der Waals surface area contributed by atoms with Gasteiger partial charge in [-0.3, -0.25) is 4.98 Å². The summed E-state index contributed by atoms with van der Waals surface area (Å²) in [5.41, 5.74) is 3.44. The van der Waals surface area contributed by atoms with Crippen LogP contribution in [0.15, 0.2) is 30.3 Å². The Labute approximate surface area is 113 Å². The zero-order valence-electron chi connectivity index (χ0n) is 11.3. The predicted molar refractivity (Wildman–Crippen MR) is 78.5 cm³/mol. The normalized spacial score (nSPS) is 19.3. The molecule has 1 N–H and O–H groups in total. The molecule has 0 aliphatic carbocycles. The number of aliphatic hydroxyl groups excluding tert-OH is 1. The molecule has 0 radical (unpaired) electrons. The quantitative estimate of drug-likeness (QED) is 0.917. The third kappa shape index (κ3) is 2.43. The van der Waals surface area contributed by atoms with Gasteiger partial charge < -0.3 is 10.0 Å². The van der Waals surface area contributed by atoms with Crippen molar-refractivity contribution in [3.63, 3.8) is 0 Å². The lowest BCUT2D eigenvalue weighted by atomic mass is 10.1. The highest BCUT2D eigenvalue weighted by atomic mass is 16.3. The van der Waals surface area contributed by atoms with Crippen LogP contribution in [0.3, 0.4) is 0 Å². The highest BCUT2D eigenvalue weighted by Crippen LogP contribution is 2.31. The van der Waals surface area contributed by atoms with Crippen LogP contribution >= 0.6 is 0 Å². The van der Waals surface area contributed by atoms with Crippen LogP contribution in [0, 0.1) is 12.8 Å². The summed E-state index contributed by atoms with van der Waals surface area (Å²) in [5.74, 6) is 0.622. The van der Waals surface area contributed by atoms with Gasteiger partial charge in [-0.15, -0.1) is 0 Å². The van der Waals surface area contributed by atoms with E-state index in [1.165, 1.54) is 17.5 Å². The number of benzene rings is 1. The molecule has 1 fully saturated rings. The first kappa shape index (κ1) is 12.4. The molecule has 3 rings (SSSR count). The van der Waals surface area contributed by atoms with Gasteiger partial charge in [0, 0.05) is 36.5 Å². The summed E-state index contributed by atoms with van der Waals surface area (Å²) in [7, 11) is 0. The standard InChI is InChI=1S/C16H20N2O/c1-12-10-16(14-4-2-3-5-15(14)17-12)18-8-6-13(11-18)7-9-19/h2-5,10,13,19H,6-9,11H2,1H3. The molecule has 0 saturated carbocycles. The number of anilines is 1. The first-order valence-electron chi connectivity index (χ1n) is 7.00. The zero-order chi connectivity index (χ0) is 13.2. The molecule has 3 nitrogen and oxygen atoms in total. The van der Waals surface area contributed by atoms with Crippen molar-refractivity contribution < 1.29 is 5.11 Å². The van der Waals surface area contributed by atoms with Gasteiger partial charge >= 0.3 is 0 Å². The van der Waals surface area contributed by atoms with Crippen LogP contribution < -0.4 is 4.90 Å². The average molecular weight is 256 g/mol. The van der Waals surface area contributed by atoms with Crippen LogP contribution in [-0.2, 0) is 0 Å². The van der Waals surface area contributed by atoms with Gasteiger partial charge in [0.15, 0.2) is 0 Å². The number of aromatic nitrogens is 1. The van der Waals surface area contributed by atoms with Crippen molar-refractivity contribution in [3.05, 3.63) is 36.0 Å². The summed E-state index contributed by atoms with van der Waals surface area (Å²) in [5, 5.41) is 10.3. The molecule has 3 heteroatoms. The van der Waals surface area contributed by atoms with E-state index in [-0.39, 0.29) is 0 Å². The second-order valence-electron chi connectivity index (χ2n) is 5.41. The number of rotatable bonds is 3. The number of aliphatic hydroxyl groups is 1. The minimum atomic E-state index is 0.300. The molecule has 1 aromatic carbocycles. The van der Waals surface area contributed by atoms with E-state index in [9.17, 15) is 0 Å². The summed E-state index contributed by atoms with van der Waals surface area (Å²) in [4.78, 5) is 7.04. The predicted octanol–water partition coefficient (Wildman–Crippen LogP) is 2.75. The zero-order valence-corrected chi connectivity index (χ0v) is 11.3. The first-order valence-corrected chi connectivity index (χ1v) is 7.00. The molecule has 19 heavy (non-hydrogen) atoms. The monoisotopic (exact) mass is 256 g/mol. The number of fused-ring (bicyclic) bond motifs is 1. The lowest BCUT2D eigenvalue weighted by molar-refractivity contribution is 0.263. The summed E-state index contributed by atoms with van der Waals surface area (Å²) >= 11 is 0. The van der Waals surface area contributed by atoms with E-state index in [4.69, 9.17) is 5.11 Å². The van der Waals surface area contributed by atoms with Crippen LogP contribution in [0.4, 0.5) is 5.69 Å². The Morgan fingerprint density at radius 3 is 3.05 bits per heavy atom. The van der Waals surface area contributed by atoms with Crippen LogP contribution in [0.2, 0.25) is 0 Å². The van der Waals surface area contributed by atoms with E-state index in [1.54, 1.807) is 0 Å². The second-order valence-corrected chi connectivity index (χ2v) is 5.41. The van der Waals surface area contributed by atoms with Crippen molar-refractivity contribution in [2.24, 2.45) is 5.92 Å². The molecule has 2 aromatic rings. The fourth-order valence-electron chi connectivity index (χ4n) is 3.02. The van der Waals surface area contributed by atoms with Crippen molar-refractivity contribution >= 4 is 16.6 Å². The molecule has 1 aliphatic rings. The summed E-state index contributed by atoms with van der Waals surface area (Å²) in [6.45, 7) is 4.48. The molecule has 1 saturated heterocycles. The van der Waals surface area contributed by atoms with Crippen molar-refractivity contribution in [1.82, 2.24) is 4.98 Å². The highest BCUT2D eigenvalue weighted by Gasteiger charge is 2.23. The molecule has 1 atom stereocenters. The Hall–Kier alpha value is -1.61. The van der Waals surface area contributed by atoms with Crippen LogP contribution in [0.5, 0.6) is 0 Å². The molecule has 0 spiro atoms. The van der Waals surface area contributed by atoms with Crippen molar-refractivity contribution in [1.29, 1.82) is 0 Å². The molecule has 0 amide bonds. The topological polar surface area (TPSA) is 36.4 Å². The number of para-hydroxylation sites is 1. The first-order chi connectivity index (χ1) is 9.28. The van der Waals surface area contributed by atoms with Gasteiger partial charge in [0.1, 0.15) is 0 Å². The molecule has 1 aliphatic heterocycles. The van der Waals surface area contributed by atoms with E-state index in [2.05, 4.69) is 41.1 Å². The van der Waals surface area contributed by atoms with Crippen LogP contribution in [-0.4, -0.2) is 29.8 Å². The largest absolute Gasteiger partial charge is 0.396 e. The van der Waals surface area contributed by atoms with Gasteiger partial charge in [0.25, 0.3) is 0 Å².